The van der Waals surface area contributed by atoms with Crippen molar-refractivity contribution < 1.29 is 19.2 Å². The molecule has 0 spiro atoms. The van der Waals surface area contributed by atoms with Gasteiger partial charge in [0, 0.05) is 24.9 Å². The Kier molecular flexibility index (Phi) is 8.19. The predicted molar refractivity (Wildman–Crippen MR) is 127 cm³/mol. The van der Waals surface area contributed by atoms with Gasteiger partial charge in [-0.1, -0.05) is 23.9 Å². The van der Waals surface area contributed by atoms with Crippen LogP contribution in [0.3, 0.4) is 0 Å². The van der Waals surface area contributed by atoms with Crippen molar-refractivity contribution in [2.24, 2.45) is 7.05 Å². The number of methoxy groups -OCH3 is 1. The number of ether oxygens (including phenoxy) is 1. The molecule has 0 fully saturated rings. The first-order valence-electron chi connectivity index (χ1n) is 10.2. The Balaban J connectivity index is 1.48. The van der Waals surface area contributed by atoms with Gasteiger partial charge in [0.05, 0.1) is 30.8 Å². The molecule has 2 N–H and O–H groups in total. The highest BCUT2D eigenvalue weighted by Crippen LogP contribution is 2.22. The van der Waals surface area contributed by atoms with Crippen LogP contribution >= 0.6 is 11.8 Å². The number of nitro benzene ring substituents is 1. The maximum absolute atomic E-state index is 12.3. The molecule has 3 rings (SSSR count). The Morgan fingerprint density at radius 1 is 1.15 bits per heavy atom. The third-order valence-electron chi connectivity index (χ3n) is 4.92. The van der Waals surface area contributed by atoms with E-state index in [-0.39, 0.29) is 36.2 Å². The van der Waals surface area contributed by atoms with Gasteiger partial charge in [0.1, 0.15) is 5.75 Å². The molecule has 11 nitrogen and oxygen atoms in total. The highest BCUT2D eigenvalue weighted by molar-refractivity contribution is 7.99. The van der Waals surface area contributed by atoms with Crippen molar-refractivity contribution in [3.05, 3.63) is 69.5 Å². The molecule has 3 aromatic rings. The van der Waals surface area contributed by atoms with Gasteiger partial charge in [-0.3, -0.25) is 19.7 Å². The standard InChI is InChI=1S/C22H24N6O5S/c1-14-10-16(28(31)32)6-9-18(14)24-21(30)13-34-22-26-25-19(27(22)2)12-23-20(29)11-15-4-7-17(33-3)8-5-15/h4-10H,11-13H2,1-3H3,(H,23,29)(H,24,30). The van der Waals surface area contributed by atoms with E-state index in [1.807, 2.05) is 12.1 Å². The third kappa shape index (κ3) is 6.54. The van der Waals surface area contributed by atoms with Crippen molar-refractivity contribution in [2.45, 2.75) is 25.0 Å². The lowest BCUT2D eigenvalue weighted by Crippen LogP contribution is -2.26. The SMILES string of the molecule is COc1ccc(CC(=O)NCc2nnc(SCC(=O)Nc3ccc([N+](=O)[O-])cc3C)n2C)cc1. The zero-order chi connectivity index (χ0) is 24.7. The molecular formula is C22H24N6O5S. The van der Waals surface area contributed by atoms with Crippen LogP contribution in [0.2, 0.25) is 0 Å². The molecule has 0 aliphatic rings. The summed E-state index contributed by atoms with van der Waals surface area (Å²) in [5, 5.41) is 25.1. The van der Waals surface area contributed by atoms with E-state index < -0.39 is 4.92 Å². The number of aryl methyl sites for hydroxylation is 1. The third-order valence-corrected chi connectivity index (χ3v) is 5.94. The summed E-state index contributed by atoms with van der Waals surface area (Å²) in [6.07, 6.45) is 0.228. The number of nitrogens with one attached hydrogen (secondary N) is 2. The molecule has 0 bridgehead atoms. The van der Waals surface area contributed by atoms with E-state index in [1.54, 1.807) is 37.8 Å². The fourth-order valence-corrected chi connectivity index (χ4v) is 3.74. The van der Waals surface area contributed by atoms with Gasteiger partial charge in [0.25, 0.3) is 5.69 Å². The van der Waals surface area contributed by atoms with Crippen LogP contribution in [0.5, 0.6) is 5.75 Å². The normalized spacial score (nSPS) is 10.6. The Bertz CT molecular complexity index is 1190. The number of hydrogen-bond acceptors (Lipinski definition) is 8. The van der Waals surface area contributed by atoms with Crippen LogP contribution in [0.1, 0.15) is 17.0 Å². The van der Waals surface area contributed by atoms with Gasteiger partial charge in [0.2, 0.25) is 11.8 Å². The van der Waals surface area contributed by atoms with Gasteiger partial charge in [-0.05, 0) is 36.2 Å². The van der Waals surface area contributed by atoms with Crippen molar-refractivity contribution in [3.8, 4) is 5.75 Å². The van der Waals surface area contributed by atoms with E-state index in [4.69, 9.17) is 4.74 Å². The highest BCUT2D eigenvalue weighted by Gasteiger charge is 2.14. The minimum Gasteiger partial charge on any atom is -0.497 e. The number of aromatic nitrogens is 3. The van der Waals surface area contributed by atoms with Crippen LogP contribution in [-0.4, -0.2) is 44.4 Å². The molecule has 2 amide bonds. The summed E-state index contributed by atoms with van der Waals surface area (Å²) in [5.41, 5.74) is 1.93. The van der Waals surface area contributed by atoms with Gasteiger partial charge in [-0.15, -0.1) is 10.2 Å². The zero-order valence-corrected chi connectivity index (χ0v) is 19.7. The molecule has 0 atom stereocenters. The Morgan fingerprint density at radius 3 is 2.53 bits per heavy atom. The average molecular weight is 485 g/mol. The number of carbonyl (C=O) groups excluding carboxylic acids is 2. The molecule has 0 aliphatic heterocycles. The molecule has 34 heavy (non-hydrogen) atoms. The zero-order valence-electron chi connectivity index (χ0n) is 18.9. The summed E-state index contributed by atoms with van der Waals surface area (Å²) in [6, 6.07) is 11.5. The molecule has 1 aromatic heterocycles. The summed E-state index contributed by atoms with van der Waals surface area (Å²) in [7, 11) is 3.34. The minimum absolute atomic E-state index is 0.0346. The highest BCUT2D eigenvalue weighted by atomic mass is 32.2. The molecule has 2 aromatic carbocycles. The van der Waals surface area contributed by atoms with Crippen LogP contribution in [0.4, 0.5) is 11.4 Å². The van der Waals surface area contributed by atoms with Gasteiger partial charge < -0.3 is 19.9 Å². The van der Waals surface area contributed by atoms with Gasteiger partial charge >= 0.3 is 0 Å². The lowest BCUT2D eigenvalue weighted by molar-refractivity contribution is -0.384. The van der Waals surface area contributed by atoms with E-state index in [0.717, 1.165) is 11.3 Å². The molecule has 0 unspecified atom stereocenters. The summed E-state index contributed by atoms with van der Waals surface area (Å²) in [5.74, 6) is 0.924. The van der Waals surface area contributed by atoms with Gasteiger partial charge in [0.15, 0.2) is 11.0 Å². The van der Waals surface area contributed by atoms with E-state index in [9.17, 15) is 19.7 Å². The van der Waals surface area contributed by atoms with Crippen LogP contribution < -0.4 is 15.4 Å². The number of hydrogen-bond donors (Lipinski definition) is 2. The van der Waals surface area contributed by atoms with Crippen molar-refractivity contribution >= 4 is 35.0 Å². The fourth-order valence-electron chi connectivity index (χ4n) is 3.01. The topological polar surface area (TPSA) is 141 Å². The van der Waals surface area contributed by atoms with Crippen molar-refractivity contribution in [2.75, 3.05) is 18.2 Å². The summed E-state index contributed by atoms with van der Waals surface area (Å²) < 4.78 is 6.82. The largest absolute Gasteiger partial charge is 0.497 e. The van der Waals surface area contributed by atoms with Crippen molar-refractivity contribution in [1.82, 2.24) is 20.1 Å². The first kappa shape index (κ1) is 24.7. The molecule has 178 valence electrons. The smallest absolute Gasteiger partial charge is 0.269 e. The van der Waals surface area contributed by atoms with E-state index in [2.05, 4.69) is 20.8 Å². The number of anilines is 1. The van der Waals surface area contributed by atoms with Crippen molar-refractivity contribution in [1.29, 1.82) is 0 Å². The molecular weight excluding hydrogens is 460 g/mol. The number of nitro groups is 1. The maximum Gasteiger partial charge on any atom is 0.269 e. The number of thioether (sulfide) groups is 1. The molecule has 0 saturated carbocycles. The molecule has 0 saturated heterocycles. The molecule has 12 heteroatoms. The Labute approximate surface area is 200 Å². The van der Waals surface area contributed by atoms with Crippen LogP contribution in [-0.2, 0) is 29.6 Å². The molecule has 1 heterocycles. The Morgan fingerprint density at radius 2 is 1.88 bits per heavy atom. The number of nitrogens with zero attached hydrogens (tertiary/aromatic N) is 4. The first-order chi connectivity index (χ1) is 16.3. The molecule has 0 aliphatic carbocycles. The van der Waals surface area contributed by atoms with Crippen LogP contribution in [0.25, 0.3) is 0 Å². The lowest BCUT2D eigenvalue weighted by Gasteiger charge is -2.08. The average Bonchev–Trinajstić information content (AvgIpc) is 3.17. The van der Waals surface area contributed by atoms with Gasteiger partial charge in [-0.25, -0.2) is 0 Å². The fraction of sp³-hybridized carbons (Fsp3) is 0.273. The maximum atomic E-state index is 12.3. The van der Waals surface area contributed by atoms with Gasteiger partial charge in [-0.2, -0.15) is 0 Å². The Hall–Kier alpha value is -3.93. The summed E-state index contributed by atoms with van der Waals surface area (Å²) in [4.78, 5) is 34.9. The lowest BCUT2D eigenvalue weighted by atomic mass is 10.1. The van der Waals surface area contributed by atoms with Crippen LogP contribution in [0.15, 0.2) is 47.6 Å². The van der Waals surface area contributed by atoms with E-state index in [0.29, 0.717) is 22.2 Å². The number of non-ortho nitro benzene ring substituents is 1. The van der Waals surface area contributed by atoms with Crippen LogP contribution in [0, 0.1) is 17.0 Å². The second-order valence-electron chi connectivity index (χ2n) is 7.35. The summed E-state index contributed by atoms with van der Waals surface area (Å²) in [6.45, 7) is 1.89. The predicted octanol–water partition coefficient (Wildman–Crippen LogP) is 2.63. The van der Waals surface area contributed by atoms with E-state index in [1.165, 1.54) is 30.0 Å². The number of carbonyl (C=O) groups is 2. The monoisotopic (exact) mass is 484 g/mol. The second kappa shape index (κ2) is 11.3. The second-order valence-corrected chi connectivity index (χ2v) is 8.30. The quantitative estimate of drug-likeness (QED) is 0.254. The minimum atomic E-state index is -0.485. The molecule has 0 radical (unpaired) electrons. The number of benzene rings is 2. The number of amides is 2. The van der Waals surface area contributed by atoms with Crippen molar-refractivity contribution in [3.63, 3.8) is 0 Å². The van der Waals surface area contributed by atoms with E-state index >= 15 is 0 Å². The summed E-state index contributed by atoms with van der Waals surface area (Å²) >= 11 is 1.19. The number of rotatable bonds is 10. The first-order valence-corrected chi connectivity index (χ1v) is 11.2.